The monoisotopic (exact) mass is 497 g/mol. The number of carbonyl (C=O) groups is 1. The number of fused-ring (bicyclic) bond motifs is 5. The van der Waals surface area contributed by atoms with Gasteiger partial charge in [-0.3, -0.25) is 9.78 Å². The average molecular weight is 499 g/mol. The van der Waals surface area contributed by atoms with E-state index in [1.807, 2.05) is 54.6 Å². The molecule has 2 aromatic carbocycles. The first-order chi connectivity index (χ1) is 14.9. The summed E-state index contributed by atoms with van der Waals surface area (Å²) in [4.78, 5) is 17.1. The first-order valence-corrected chi connectivity index (χ1v) is 11.1. The third kappa shape index (κ3) is 2.15. The summed E-state index contributed by atoms with van der Waals surface area (Å²) < 4.78 is 7.47. The van der Waals surface area contributed by atoms with E-state index in [4.69, 9.17) is 16.3 Å². The molecule has 0 spiro atoms. The summed E-state index contributed by atoms with van der Waals surface area (Å²) >= 11 is 9.65. The first-order valence-electron chi connectivity index (χ1n) is 9.97. The summed E-state index contributed by atoms with van der Waals surface area (Å²) in [5.74, 6) is -1.70. The Morgan fingerprint density at radius 2 is 1.87 bits per heavy atom. The second-order valence-corrected chi connectivity index (χ2v) is 9.91. The van der Waals surface area contributed by atoms with E-state index >= 15 is 0 Å². The number of hydrogen-bond acceptors (Lipinski definition) is 4. The number of rotatable bonds is 3. The van der Waals surface area contributed by atoms with E-state index in [9.17, 15) is 15.0 Å². The fraction of sp³-hybridized carbons (Fsp3) is 0.250. The molecule has 2 aliphatic carbocycles. The average Bonchev–Trinajstić information content (AvgIpc) is 3.40. The zero-order valence-corrected chi connectivity index (χ0v) is 18.5. The van der Waals surface area contributed by atoms with Crippen LogP contribution in [0.4, 0.5) is 0 Å². The summed E-state index contributed by atoms with van der Waals surface area (Å²) in [6, 6.07) is 18.6. The summed E-state index contributed by atoms with van der Waals surface area (Å²) in [6.45, 7) is 0. The molecule has 6 rings (SSSR count). The van der Waals surface area contributed by atoms with Crippen molar-refractivity contribution in [1.29, 1.82) is 0 Å². The highest BCUT2D eigenvalue weighted by Gasteiger charge is 2.90. The van der Waals surface area contributed by atoms with Gasteiger partial charge in [0.2, 0.25) is 0 Å². The Hall–Kier alpha value is -2.41. The molecule has 2 heterocycles. The fourth-order valence-electron chi connectivity index (χ4n) is 6.08. The van der Waals surface area contributed by atoms with Crippen LogP contribution in [0.5, 0.6) is 5.75 Å². The number of pyridine rings is 1. The van der Waals surface area contributed by atoms with E-state index in [1.165, 1.54) is 6.20 Å². The van der Waals surface area contributed by atoms with Gasteiger partial charge in [-0.25, -0.2) is 0 Å². The Morgan fingerprint density at radius 1 is 1.16 bits per heavy atom. The predicted molar refractivity (Wildman–Crippen MR) is 117 cm³/mol. The van der Waals surface area contributed by atoms with Crippen molar-refractivity contribution in [1.82, 2.24) is 4.98 Å². The van der Waals surface area contributed by atoms with Crippen molar-refractivity contribution in [3.05, 3.63) is 93.2 Å². The molecule has 5 unspecified atom stereocenters. The number of halogens is 2. The lowest BCUT2D eigenvalue weighted by Crippen LogP contribution is -2.51. The van der Waals surface area contributed by atoms with E-state index in [2.05, 4.69) is 20.9 Å². The molecule has 2 N–H and O–H groups in total. The SMILES string of the molecule is O=C(O)C12CC1C1(O)c3ncc(Cl)cc3OC1(c1ccc(Br)cc1)C2c1ccccc1. The van der Waals surface area contributed by atoms with Gasteiger partial charge >= 0.3 is 5.97 Å². The lowest BCUT2D eigenvalue weighted by molar-refractivity contribution is -0.147. The number of ether oxygens (including phenoxy) is 1. The van der Waals surface area contributed by atoms with Crippen LogP contribution in [0.15, 0.2) is 71.3 Å². The molecule has 0 bridgehead atoms. The predicted octanol–water partition coefficient (Wildman–Crippen LogP) is 4.86. The molecule has 3 aromatic rings. The number of hydrogen-bond donors (Lipinski definition) is 2. The van der Waals surface area contributed by atoms with Crippen LogP contribution in [0.2, 0.25) is 5.02 Å². The van der Waals surface area contributed by atoms with Crippen LogP contribution in [-0.2, 0) is 16.0 Å². The molecule has 1 aliphatic heterocycles. The van der Waals surface area contributed by atoms with Gasteiger partial charge in [-0.05, 0) is 29.7 Å². The van der Waals surface area contributed by atoms with Crippen LogP contribution in [-0.4, -0.2) is 21.2 Å². The maximum absolute atomic E-state index is 12.7. The van der Waals surface area contributed by atoms with Gasteiger partial charge in [0.1, 0.15) is 11.4 Å². The number of aliphatic hydroxyl groups is 1. The highest BCUT2D eigenvalue weighted by atomic mass is 79.9. The lowest BCUT2D eigenvalue weighted by atomic mass is 9.67. The lowest BCUT2D eigenvalue weighted by Gasteiger charge is -2.43. The van der Waals surface area contributed by atoms with Crippen molar-refractivity contribution in [2.75, 3.05) is 0 Å². The molecule has 5 nitrogen and oxygen atoms in total. The summed E-state index contributed by atoms with van der Waals surface area (Å²) in [5.41, 5.74) is -2.25. The van der Waals surface area contributed by atoms with Crippen LogP contribution in [0.25, 0.3) is 0 Å². The minimum Gasteiger partial charge on any atom is -0.481 e. The molecule has 0 saturated heterocycles. The van der Waals surface area contributed by atoms with Crippen LogP contribution >= 0.6 is 27.5 Å². The molecule has 0 radical (unpaired) electrons. The van der Waals surface area contributed by atoms with Gasteiger partial charge in [-0.15, -0.1) is 0 Å². The molecule has 7 heteroatoms. The van der Waals surface area contributed by atoms with Crippen molar-refractivity contribution in [3.8, 4) is 5.75 Å². The Balaban J connectivity index is 1.71. The second kappa shape index (κ2) is 6.09. The zero-order chi connectivity index (χ0) is 21.6. The van der Waals surface area contributed by atoms with Crippen LogP contribution < -0.4 is 4.74 Å². The maximum Gasteiger partial charge on any atom is 0.310 e. The van der Waals surface area contributed by atoms with Crippen LogP contribution in [0, 0.1) is 11.3 Å². The zero-order valence-electron chi connectivity index (χ0n) is 16.1. The van der Waals surface area contributed by atoms with Gasteiger partial charge in [-0.1, -0.05) is 70.0 Å². The van der Waals surface area contributed by atoms with Gasteiger partial charge < -0.3 is 14.9 Å². The van der Waals surface area contributed by atoms with E-state index in [0.717, 1.165) is 10.0 Å². The summed E-state index contributed by atoms with van der Waals surface area (Å²) in [5, 5.41) is 23.2. The highest BCUT2D eigenvalue weighted by molar-refractivity contribution is 9.10. The minimum atomic E-state index is -1.61. The Labute approximate surface area is 191 Å². The Bertz CT molecular complexity index is 1240. The summed E-state index contributed by atoms with van der Waals surface area (Å²) in [6.07, 6.45) is 1.82. The normalized spacial score (nSPS) is 34.4. The quantitative estimate of drug-likeness (QED) is 0.539. The van der Waals surface area contributed by atoms with Gasteiger partial charge in [0, 0.05) is 28.6 Å². The number of benzene rings is 2. The topological polar surface area (TPSA) is 79.7 Å². The highest BCUT2D eigenvalue weighted by Crippen LogP contribution is 2.84. The van der Waals surface area contributed by atoms with Crippen molar-refractivity contribution < 1.29 is 19.7 Å². The molecule has 0 amide bonds. The van der Waals surface area contributed by atoms with Crippen molar-refractivity contribution in [2.45, 2.75) is 23.5 Å². The molecule has 2 fully saturated rings. The molecule has 2 saturated carbocycles. The van der Waals surface area contributed by atoms with Gasteiger partial charge in [-0.2, -0.15) is 0 Å². The molecule has 31 heavy (non-hydrogen) atoms. The van der Waals surface area contributed by atoms with E-state index in [0.29, 0.717) is 28.5 Å². The number of aliphatic carboxylic acids is 1. The Kier molecular flexibility index (Phi) is 3.79. The molecule has 3 aliphatic rings. The number of carboxylic acids is 1. The van der Waals surface area contributed by atoms with Crippen LogP contribution in [0.3, 0.4) is 0 Å². The van der Waals surface area contributed by atoms with Crippen molar-refractivity contribution in [3.63, 3.8) is 0 Å². The van der Waals surface area contributed by atoms with Gasteiger partial charge in [0.15, 0.2) is 11.2 Å². The largest absolute Gasteiger partial charge is 0.481 e. The molecular formula is C24H17BrClNO4. The molecule has 156 valence electrons. The Morgan fingerprint density at radius 3 is 2.55 bits per heavy atom. The second-order valence-electron chi connectivity index (χ2n) is 8.56. The number of carboxylic acid groups (broad SMARTS) is 1. The van der Waals surface area contributed by atoms with Crippen LogP contribution in [0.1, 0.15) is 29.2 Å². The first kappa shape index (κ1) is 19.3. The molecule has 1 aromatic heterocycles. The van der Waals surface area contributed by atoms with Crippen molar-refractivity contribution in [2.24, 2.45) is 11.3 Å². The smallest absolute Gasteiger partial charge is 0.310 e. The third-order valence-electron chi connectivity index (χ3n) is 7.25. The van der Waals surface area contributed by atoms with E-state index in [-0.39, 0.29) is 0 Å². The fourth-order valence-corrected chi connectivity index (χ4v) is 6.49. The number of aromatic nitrogens is 1. The van der Waals surface area contributed by atoms with Gasteiger partial charge in [0.25, 0.3) is 0 Å². The number of nitrogens with zero attached hydrogens (tertiary/aromatic N) is 1. The minimum absolute atomic E-state index is 0.351. The molecular weight excluding hydrogens is 482 g/mol. The van der Waals surface area contributed by atoms with Gasteiger partial charge in [0.05, 0.1) is 10.4 Å². The maximum atomic E-state index is 12.7. The van der Waals surface area contributed by atoms with E-state index in [1.54, 1.807) is 6.07 Å². The standard InChI is InChI=1S/C24H17BrClNO4/c25-15-8-6-14(7-9-15)24-19(13-4-2-1-3-5-13)22(21(28)29)11-18(22)23(24,30)20-17(31-24)10-16(26)12-27-20/h1-10,12,18-19,30H,11H2,(H,28,29). The van der Waals surface area contributed by atoms with Crippen molar-refractivity contribution >= 4 is 33.5 Å². The van der Waals surface area contributed by atoms with E-state index < -0.39 is 34.4 Å². The summed E-state index contributed by atoms with van der Waals surface area (Å²) in [7, 11) is 0. The third-order valence-corrected chi connectivity index (χ3v) is 7.99. The molecule has 5 atom stereocenters.